The summed E-state index contributed by atoms with van der Waals surface area (Å²) in [6, 6.07) is 20.2. The molecule has 0 fully saturated rings. The fourth-order valence-corrected chi connectivity index (χ4v) is 3.53. The topological polar surface area (TPSA) is 79.4 Å². The maximum atomic E-state index is 13.1. The van der Waals surface area contributed by atoms with E-state index in [1.54, 1.807) is 17.0 Å². The number of H-pyrrole nitrogens is 2. The zero-order chi connectivity index (χ0) is 19.6. The third kappa shape index (κ3) is 3.36. The highest BCUT2D eigenvalue weighted by molar-refractivity contribution is 5.60. The van der Waals surface area contributed by atoms with E-state index in [0.29, 0.717) is 24.4 Å². The molecule has 6 nitrogen and oxygen atoms in total. The summed E-state index contributed by atoms with van der Waals surface area (Å²) in [6.07, 6.45) is 6.29. The molecule has 0 radical (unpaired) electrons. The molecule has 0 saturated carbocycles. The maximum Gasteiger partial charge on any atom is 0.278 e. The van der Waals surface area contributed by atoms with Crippen molar-refractivity contribution in [3.63, 3.8) is 0 Å². The van der Waals surface area contributed by atoms with Crippen LogP contribution in [0.2, 0.25) is 0 Å². The first-order valence-corrected chi connectivity index (χ1v) is 9.48. The molecule has 29 heavy (non-hydrogen) atoms. The minimum Gasteiger partial charge on any atom is -0.354 e. The van der Waals surface area contributed by atoms with Crippen molar-refractivity contribution in [2.75, 3.05) is 0 Å². The second-order valence-electron chi connectivity index (χ2n) is 6.94. The standard InChI is InChI=1S/C23H19N5O/c29-23-19(14-21-24-11-12-25-21)27-22-18(13-16-7-3-1-4-8-16)26-20(15-28(22)23)17-9-5-2-6-10-17/h1-12,15,26H,13-14H2,(H,24,25). The Balaban J connectivity index is 1.66. The second kappa shape index (κ2) is 7.24. The van der Waals surface area contributed by atoms with Crippen molar-refractivity contribution in [2.45, 2.75) is 12.8 Å². The Morgan fingerprint density at radius 3 is 2.41 bits per heavy atom. The SMILES string of the molecule is O=c1c(Cc2ncc[nH]2)nc2c(Cc3ccccc3)[nH]c(-c3ccccc3)cn1-2. The lowest BCUT2D eigenvalue weighted by molar-refractivity contribution is 0.914. The van der Waals surface area contributed by atoms with Crippen molar-refractivity contribution >= 4 is 0 Å². The number of hydrogen-bond acceptors (Lipinski definition) is 3. The number of hydrogen-bond donors (Lipinski definition) is 2. The molecule has 6 heteroatoms. The molecule has 0 atom stereocenters. The van der Waals surface area contributed by atoms with E-state index in [1.807, 2.05) is 54.7 Å². The Hall–Kier alpha value is -3.93. The first-order valence-electron chi connectivity index (χ1n) is 9.48. The molecule has 2 aliphatic heterocycles. The Bertz CT molecular complexity index is 1250. The fraction of sp³-hybridized carbons (Fsp3) is 0.0870. The highest BCUT2D eigenvalue weighted by atomic mass is 16.1. The minimum atomic E-state index is -0.114. The minimum absolute atomic E-state index is 0.114. The molecule has 0 bridgehead atoms. The number of aromatic amines is 2. The van der Waals surface area contributed by atoms with E-state index >= 15 is 0 Å². The van der Waals surface area contributed by atoms with Crippen LogP contribution in [-0.4, -0.2) is 24.5 Å². The van der Waals surface area contributed by atoms with Crippen molar-refractivity contribution in [1.29, 1.82) is 0 Å². The van der Waals surface area contributed by atoms with Gasteiger partial charge in [0.15, 0.2) is 5.82 Å². The zero-order valence-electron chi connectivity index (χ0n) is 15.7. The monoisotopic (exact) mass is 381 g/mol. The van der Waals surface area contributed by atoms with Crippen molar-refractivity contribution in [2.24, 2.45) is 0 Å². The number of fused-ring (bicyclic) bond motifs is 1. The van der Waals surface area contributed by atoms with E-state index in [1.165, 1.54) is 0 Å². The molecule has 2 aliphatic rings. The molecule has 142 valence electrons. The first-order chi connectivity index (χ1) is 14.3. The van der Waals surface area contributed by atoms with Gasteiger partial charge < -0.3 is 9.97 Å². The lowest BCUT2D eigenvalue weighted by Crippen LogP contribution is -2.18. The van der Waals surface area contributed by atoms with Crippen LogP contribution < -0.4 is 5.56 Å². The van der Waals surface area contributed by atoms with E-state index in [-0.39, 0.29) is 5.56 Å². The molecule has 1 aromatic heterocycles. The summed E-state index contributed by atoms with van der Waals surface area (Å²) in [5, 5.41) is 0. The van der Waals surface area contributed by atoms with E-state index in [0.717, 1.165) is 28.3 Å². The summed E-state index contributed by atoms with van der Waals surface area (Å²) < 4.78 is 1.65. The fourth-order valence-electron chi connectivity index (χ4n) is 3.53. The largest absolute Gasteiger partial charge is 0.354 e. The Kier molecular flexibility index (Phi) is 4.29. The molecular weight excluding hydrogens is 362 g/mol. The van der Waals surface area contributed by atoms with E-state index in [9.17, 15) is 4.79 Å². The van der Waals surface area contributed by atoms with E-state index in [4.69, 9.17) is 0 Å². The van der Waals surface area contributed by atoms with Crippen LogP contribution in [0, 0.1) is 0 Å². The lowest BCUT2D eigenvalue weighted by atomic mass is 10.1. The third-order valence-corrected chi connectivity index (χ3v) is 4.95. The average Bonchev–Trinajstić information content (AvgIpc) is 3.38. The van der Waals surface area contributed by atoms with Crippen LogP contribution in [0.15, 0.2) is 84.0 Å². The number of nitrogens with zero attached hydrogens (tertiary/aromatic N) is 3. The van der Waals surface area contributed by atoms with Crippen molar-refractivity contribution in [3.05, 3.63) is 112 Å². The van der Waals surface area contributed by atoms with Gasteiger partial charge in [-0.15, -0.1) is 0 Å². The highest BCUT2D eigenvalue weighted by Crippen LogP contribution is 2.23. The van der Waals surface area contributed by atoms with Gasteiger partial charge in [-0.1, -0.05) is 60.7 Å². The van der Waals surface area contributed by atoms with Gasteiger partial charge in [0.05, 0.1) is 17.8 Å². The smallest absolute Gasteiger partial charge is 0.278 e. The molecule has 3 aromatic rings. The van der Waals surface area contributed by atoms with Gasteiger partial charge >= 0.3 is 0 Å². The van der Waals surface area contributed by atoms with Gasteiger partial charge in [-0.3, -0.25) is 9.36 Å². The van der Waals surface area contributed by atoms with Crippen molar-refractivity contribution < 1.29 is 0 Å². The van der Waals surface area contributed by atoms with Gasteiger partial charge in [0.1, 0.15) is 11.5 Å². The molecule has 0 unspecified atom stereocenters. The predicted octanol–water partition coefficient (Wildman–Crippen LogP) is 3.57. The summed E-state index contributed by atoms with van der Waals surface area (Å²) in [7, 11) is 0. The van der Waals surface area contributed by atoms with Crippen molar-refractivity contribution in [1.82, 2.24) is 24.5 Å². The quantitative estimate of drug-likeness (QED) is 0.488. The summed E-state index contributed by atoms with van der Waals surface area (Å²) in [6.45, 7) is 0. The third-order valence-electron chi connectivity index (χ3n) is 4.95. The lowest BCUT2D eigenvalue weighted by Gasteiger charge is -2.13. The molecule has 2 aromatic carbocycles. The van der Waals surface area contributed by atoms with Crippen LogP contribution >= 0.6 is 0 Å². The molecule has 0 saturated heterocycles. The maximum absolute atomic E-state index is 13.1. The van der Waals surface area contributed by atoms with Gasteiger partial charge in [-0.25, -0.2) is 9.97 Å². The Morgan fingerprint density at radius 2 is 1.69 bits per heavy atom. The molecule has 3 heterocycles. The number of benzene rings is 2. The van der Waals surface area contributed by atoms with Gasteiger partial charge in [0, 0.05) is 25.0 Å². The molecule has 0 spiro atoms. The van der Waals surface area contributed by atoms with Crippen LogP contribution in [0.4, 0.5) is 0 Å². The van der Waals surface area contributed by atoms with E-state index < -0.39 is 0 Å². The normalized spacial score (nSPS) is 11.2. The zero-order valence-corrected chi connectivity index (χ0v) is 15.7. The number of rotatable bonds is 5. The first kappa shape index (κ1) is 17.2. The summed E-state index contributed by atoms with van der Waals surface area (Å²) in [4.78, 5) is 28.5. The predicted molar refractivity (Wildman–Crippen MR) is 111 cm³/mol. The molecular formula is C23H19N5O. The van der Waals surface area contributed by atoms with Crippen LogP contribution in [0.1, 0.15) is 22.8 Å². The summed E-state index contributed by atoms with van der Waals surface area (Å²) >= 11 is 0. The van der Waals surface area contributed by atoms with Crippen LogP contribution in [0.3, 0.4) is 0 Å². The molecule has 5 rings (SSSR count). The molecule has 2 N–H and O–H groups in total. The molecule has 0 amide bonds. The van der Waals surface area contributed by atoms with Gasteiger partial charge in [-0.05, 0) is 11.1 Å². The summed E-state index contributed by atoms with van der Waals surface area (Å²) in [5.41, 5.74) is 4.32. The van der Waals surface area contributed by atoms with Gasteiger partial charge in [0.2, 0.25) is 0 Å². The van der Waals surface area contributed by atoms with Crippen LogP contribution in [-0.2, 0) is 12.8 Å². The Labute approximate surface area is 167 Å². The van der Waals surface area contributed by atoms with Crippen molar-refractivity contribution in [3.8, 4) is 17.1 Å². The van der Waals surface area contributed by atoms with Crippen LogP contribution in [0.5, 0.6) is 0 Å². The Morgan fingerprint density at radius 1 is 0.931 bits per heavy atom. The summed E-state index contributed by atoms with van der Waals surface area (Å²) in [5.74, 6) is 1.38. The number of imidazole rings is 2. The second-order valence-corrected chi connectivity index (χ2v) is 6.94. The number of nitrogens with one attached hydrogen (secondary N) is 2. The highest BCUT2D eigenvalue weighted by Gasteiger charge is 2.20. The van der Waals surface area contributed by atoms with Gasteiger partial charge in [-0.2, -0.15) is 0 Å². The van der Waals surface area contributed by atoms with Gasteiger partial charge in [0.25, 0.3) is 5.56 Å². The van der Waals surface area contributed by atoms with Crippen LogP contribution in [0.25, 0.3) is 17.1 Å². The average molecular weight is 381 g/mol. The number of aromatic nitrogens is 5. The van der Waals surface area contributed by atoms with E-state index in [2.05, 4.69) is 32.1 Å². The molecule has 0 aliphatic carbocycles.